The van der Waals surface area contributed by atoms with Gasteiger partial charge in [-0.05, 0) is 67.9 Å². The molecule has 0 spiro atoms. The van der Waals surface area contributed by atoms with Gasteiger partial charge in [0.05, 0.1) is 16.8 Å². The van der Waals surface area contributed by atoms with Crippen LogP contribution in [-0.2, 0) is 24.8 Å². The van der Waals surface area contributed by atoms with Gasteiger partial charge in [-0.2, -0.15) is 0 Å². The second kappa shape index (κ2) is 9.63. The zero-order chi connectivity index (χ0) is 24.2. The van der Waals surface area contributed by atoms with Crippen molar-refractivity contribution in [1.82, 2.24) is 0 Å². The Morgan fingerprint density at radius 2 is 1.48 bits per heavy atom. The minimum Gasteiger partial charge on any atom is -0.324 e. The minimum absolute atomic E-state index is 0.0251. The summed E-state index contributed by atoms with van der Waals surface area (Å²) < 4.78 is 53.5. The van der Waals surface area contributed by atoms with Crippen molar-refractivity contribution in [1.29, 1.82) is 0 Å². The molecule has 174 valence electrons. The van der Waals surface area contributed by atoms with Crippen LogP contribution in [0.25, 0.3) is 0 Å². The Labute approximate surface area is 194 Å². The first-order valence-corrected chi connectivity index (χ1v) is 13.4. The quantitative estimate of drug-likeness (QED) is 0.504. The van der Waals surface area contributed by atoms with E-state index in [9.17, 15) is 21.6 Å². The largest absolute Gasteiger partial charge is 0.324 e. The first-order chi connectivity index (χ1) is 15.5. The van der Waals surface area contributed by atoms with Crippen molar-refractivity contribution in [2.24, 2.45) is 0 Å². The number of anilines is 3. The van der Waals surface area contributed by atoms with Crippen molar-refractivity contribution in [3.05, 3.63) is 84.4 Å². The van der Waals surface area contributed by atoms with Crippen LogP contribution in [0.3, 0.4) is 0 Å². The van der Waals surface area contributed by atoms with E-state index in [4.69, 9.17) is 0 Å². The molecule has 1 unspecified atom stereocenters. The number of rotatable bonds is 8. The lowest BCUT2D eigenvalue weighted by Crippen LogP contribution is -2.45. The van der Waals surface area contributed by atoms with Gasteiger partial charge in [0.15, 0.2) is 0 Å². The number of amides is 1. The van der Waals surface area contributed by atoms with Crippen molar-refractivity contribution in [3.63, 3.8) is 0 Å². The average Bonchev–Trinajstić information content (AvgIpc) is 2.73. The van der Waals surface area contributed by atoms with Crippen LogP contribution < -0.4 is 14.3 Å². The van der Waals surface area contributed by atoms with Gasteiger partial charge in [-0.3, -0.25) is 13.8 Å². The summed E-state index contributed by atoms with van der Waals surface area (Å²) in [6.45, 7) is 3.34. The standard InChI is InChI=1S/C23H25N3O5S2/c1-17-8-7-9-20(16-17)25-33(30,31)22-14-12-19(13-15-22)24-23(27)18(2)26(32(3,28)29)21-10-5-4-6-11-21/h4-16,18,25H,1-3H3,(H,24,27). The molecule has 0 fully saturated rings. The first kappa shape index (κ1) is 24.3. The molecule has 0 radical (unpaired) electrons. The molecule has 33 heavy (non-hydrogen) atoms. The van der Waals surface area contributed by atoms with Crippen LogP contribution in [0.2, 0.25) is 0 Å². The molecule has 10 heteroatoms. The van der Waals surface area contributed by atoms with Gasteiger partial charge in [-0.25, -0.2) is 16.8 Å². The molecule has 0 aliphatic heterocycles. The molecule has 1 amide bonds. The van der Waals surface area contributed by atoms with Gasteiger partial charge in [-0.1, -0.05) is 30.3 Å². The SMILES string of the molecule is Cc1cccc(NS(=O)(=O)c2ccc(NC(=O)C(C)N(c3ccccc3)S(C)(=O)=O)cc2)c1. The molecule has 8 nitrogen and oxygen atoms in total. The second-order valence-corrected chi connectivity index (χ2v) is 11.1. The maximum absolute atomic E-state index is 12.8. The molecule has 0 aliphatic carbocycles. The molecule has 0 aliphatic rings. The molecule has 0 aromatic heterocycles. The number of nitrogens with one attached hydrogen (secondary N) is 2. The van der Waals surface area contributed by atoms with E-state index >= 15 is 0 Å². The highest BCUT2D eigenvalue weighted by atomic mass is 32.2. The van der Waals surface area contributed by atoms with Gasteiger partial charge in [0.1, 0.15) is 6.04 Å². The Bertz CT molecular complexity index is 1340. The number of nitrogens with zero attached hydrogens (tertiary/aromatic N) is 1. The topological polar surface area (TPSA) is 113 Å². The second-order valence-electron chi connectivity index (χ2n) is 7.56. The Hall–Kier alpha value is -3.37. The maximum atomic E-state index is 12.8. The molecule has 3 rings (SSSR count). The molecular weight excluding hydrogens is 462 g/mol. The molecule has 3 aromatic carbocycles. The number of para-hydroxylation sites is 1. The van der Waals surface area contributed by atoms with E-state index < -0.39 is 32.0 Å². The molecule has 1 atom stereocenters. The van der Waals surface area contributed by atoms with Gasteiger partial charge in [-0.15, -0.1) is 0 Å². The van der Waals surface area contributed by atoms with Gasteiger partial charge < -0.3 is 5.32 Å². The zero-order valence-electron chi connectivity index (χ0n) is 18.4. The lowest BCUT2D eigenvalue weighted by Gasteiger charge is -2.28. The monoisotopic (exact) mass is 487 g/mol. The molecule has 0 heterocycles. The number of hydrogen-bond donors (Lipinski definition) is 2. The number of carbonyl (C=O) groups is 1. The smallest absolute Gasteiger partial charge is 0.261 e. The van der Waals surface area contributed by atoms with Crippen LogP contribution >= 0.6 is 0 Å². The predicted octanol–water partition coefficient (Wildman–Crippen LogP) is 3.59. The third-order valence-corrected chi connectivity index (χ3v) is 7.44. The molecule has 3 aromatic rings. The van der Waals surface area contributed by atoms with E-state index in [0.29, 0.717) is 17.1 Å². The number of aryl methyl sites for hydroxylation is 1. The summed E-state index contributed by atoms with van der Waals surface area (Å²) in [5.74, 6) is -0.558. The van der Waals surface area contributed by atoms with Crippen molar-refractivity contribution in [2.45, 2.75) is 24.8 Å². The van der Waals surface area contributed by atoms with Crippen LogP contribution in [0.15, 0.2) is 83.8 Å². The summed E-state index contributed by atoms with van der Waals surface area (Å²) in [4.78, 5) is 12.8. The summed E-state index contributed by atoms with van der Waals surface area (Å²) in [7, 11) is -7.54. The Kier molecular flexibility index (Phi) is 7.09. The zero-order valence-corrected chi connectivity index (χ0v) is 20.0. The lowest BCUT2D eigenvalue weighted by molar-refractivity contribution is -0.116. The fourth-order valence-corrected chi connectivity index (χ4v) is 5.49. The Morgan fingerprint density at radius 1 is 0.848 bits per heavy atom. The van der Waals surface area contributed by atoms with Gasteiger partial charge in [0.2, 0.25) is 15.9 Å². The van der Waals surface area contributed by atoms with Crippen LogP contribution in [0.1, 0.15) is 12.5 Å². The molecule has 0 saturated carbocycles. The normalized spacial score (nSPS) is 12.6. The van der Waals surface area contributed by atoms with Crippen molar-refractivity contribution < 1.29 is 21.6 Å². The fraction of sp³-hybridized carbons (Fsp3) is 0.174. The summed E-state index contributed by atoms with van der Waals surface area (Å²) >= 11 is 0. The van der Waals surface area contributed by atoms with Crippen molar-refractivity contribution in [2.75, 3.05) is 20.6 Å². The Morgan fingerprint density at radius 3 is 2.06 bits per heavy atom. The predicted molar refractivity (Wildman–Crippen MR) is 130 cm³/mol. The Balaban J connectivity index is 1.75. The number of sulfonamides is 2. The van der Waals surface area contributed by atoms with Crippen LogP contribution in [0.5, 0.6) is 0 Å². The van der Waals surface area contributed by atoms with E-state index in [0.717, 1.165) is 16.1 Å². The first-order valence-electron chi connectivity index (χ1n) is 10.0. The molecule has 0 bridgehead atoms. The van der Waals surface area contributed by atoms with Crippen molar-refractivity contribution >= 4 is 43.0 Å². The number of carbonyl (C=O) groups excluding carboxylic acids is 1. The van der Waals surface area contributed by atoms with Crippen LogP contribution in [0, 0.1) is 6.92 Å². The highest BCUT2D eigenvalue weighted by Gasteiger charge is 2.29. The third-order valence-electron chi connectivity index (χ3n) is 4.80. The molecule has 2 N–H and O–H groups in total. The molecule has 0 saturated heterocycles. The number of hydrogen-bond acceptors (Lipinski definition) is 5. The third kappa shape index (κ3) is 6.11. The van der Waals surface area contributed by atoms with Gasteiger partial charge >= 0.3 is 0 Å². The fourth-order valence-electron chi connectivity index (χ4n) is 3.27. The van der Waals surface area contributed by atoms with E-state index in [-0.39, 0.29) is 4.90 Å². The minimum atomic E-state index is -3.81. The number of benzene rings is 3. The highest BCUT2D eigenvalue weighted by molar-refractivity contribution is 7.92. The summed E-state index contributed by atoms with van der Waals surface area (Å²) in [6, 6.07) is 19.9. The maximum Gasteiger partial charge on any atom is 0.261 e. The highest BCUT2D eigenvalue weighted by Crippen LogP contribution is 2.22. The van der Waals surface area contributed by atoms with E-state index in [1.165, 1.54) is 31.2 Å². The van der Waals surface area contributed by atoms with Gasteiger partial charge in [0.25, 0.3) is 10.0 Å². The van der Waals surface area contributed by atoms with E-state index in [1.54, 1.807) is 48.5 Å². The summed E-state index contributed by atoms with van der Waals surface area (Å²) in [5.41, 5.74) is 2.07. The van der Waals surface area contributed by atoms with Gasteiger partial charge in [0, 0.05) is 11.4 Å². The van der Waals surface area contributed by atoms with Crippen LogP contribution in [-0.4, -0.2) is 35.0 Å². The summed E-state index contributed by atoms with van der Waals surface area (Å²) in [6.07, 6.45) is 1.03. The van der Waals surface area contributed by atoms with Crippen molar-refractivity contribution in [3.8, 4) is 0 Å². The summed E-state index contributed by atoms with van der Waals surface area (Å²) in [5, 5.41) is 2.64. The average molecular weight is 488 g/mol. The molecular formula is C23H25N3O5S2. The van der Waals surface area contributed by atoms with Crippen LogP contribution in [0.4, 0.5) is 17.1 Å². The van der Waals surface area contributed by atoms with E-state index in [1.807, 2.05) is 13.0 Å². The lowest BCUT2D eigenvalue weighted by atomic mass is 10.2. The van der Waals surface area contributed by atoms with E-state index in [2.05, 4.69) is 10.0 Å².